The SMILES string of the molecule is CC1CN(Cc2ccc(CO)cc2)C1. The molecule has 2 heteroatoms. The second kappa shape index (κ2) is 4.11. The fourth-order valence-electron chi connectivity index (χ4n) is 1.97. The van der Waals surface area contributed by atoms with Gasteiger partial charge in [0.2, 0.25) is 0 Å². The molecule has 14 heavy (non-hydrogen) atoms. The molecule has 0 aliphatic carbocycles. The van der Waals surface area contributed by atoms with Crippen LogP contribution in [0.2, 0.25) is 0 Å². The zero-order chi connectivity index (χ0) is 9.97. The molecule has 2 nitrogen and oxygen atoms in total. The Morgan fingerprint density at radius 2 is 1.79 bits per heavy atom. The monoisotopic (exact) mass is 191 g/mol. The Hall–Kier alpha value is -0.860. The second-order valence-electron chi connectivity index (χ2n) is 4.27. The molecule has 1 aromatic rings. The van der Waals surface area contributed by atoms with E-state index in [1.807, 2.05) is 12.1 Å². The average molecular weight is 191 g/mol. The largest absolute Gasteiger partial charge is 0.392 e. The molecule has 76 valence electrons. The average Bonchev–Trinajstić information content (AvgIpc) is 2.17. The first kappa shape index (κ1) is 9.69. The van der Waals surface area contributed by atoms with Crippen LogP contribution in [0.4, 0.5) is 0 Å². The maximum Gasteiger partial charge on any atom is 0.0681 e. The lowest BCUT2D eigenvalue weighted by molar-refractivity contribution is 0.105. The molecule has 1 aliphatic heterocycles. The number of likely N-dealkylation sites (tertiary alicyclic amines) is 1. The van der Waals surface area contributed by atoms with Gasteiger partial charge < -0.3 is 5.11 Å². The van der Waals surface area contributed by atoms with Crippen molar-refractivity contribution in [3.63, 3.8) is 0 Å². The lowest BCUT2D eigenvalue weighted by atomic mass is 10.0. The molecule has 1 fully saturated rings. The van der Waals surface area contributed by atoms with E-state index >= 15 is 0 Å². The van der Waals surface area contributed by atoms with E-state index in [0.29, 0.717) is 0 Å². The Kier molecular flexibility index (Phi) is 2.85. The molecule has 0 radical (unpaired) electrons. The molecule has 2 rings (SSSR count). The minimum absolute atomic E-state index is 0.140. The molecule has 0 amide bonds. The highest BCUT2D eigenvalue weighted by atomic mass is 16.3. The van der Waals surface area contributed by atoms with E-state index in [1.54, 1.807) is 0 Å². The van der Waals surface area contributed by atoms with Crippen molar-refractivity contribution in [3.05, 3.63) is 35.4 Å². The zero-order valence-corrected chi connectivity index (χ0v) is 8.61. The number of hydrogen-bond donors (Lipinski definition) is 1. The highest BCUT2D eigenvalue weighted by Gasteiger charge is 2.21. The Bertz CT molecular complexity index is 288. The molecule has 0 spiro atoms. The van der Waals surface area contributed by atoms with Crippen LogP contribution in [-0.2, 0) is 13.2 Å². The van der Waals surface area contributed by atoms with Crippen LogP contribution in [0, 0.1) is 5.92 Å². The molecule has 1 aliphatic rings. The zero-order valence-electron chi connectivity index (χ0n) is 8.61. The van der Waals surface area contributed by atoms with E-state index in [-0.39, 0.29) is 6.61 Å². The molecule has 1 aromatic carbocycles. The number of rotatable bonds is 3. The van der Waals surface area contributed by atoms with Crippen molar-refractivity contribution < 1.29 is 5.11 Å². The summed E-state index contributed by atoms with van der Waals surface area (Å²) in [6.45, 7) is 5.92. The van der Waals surface area contributed by atoms with Gasteiger partial charge in [-0.3, -0.25) is 4.90 Å². The third kappa shape index (κ3) is 2.14. The van der Waals surface area contributed by atoms with Crippen molar-refractivity contribution in [2.75, 3.05) is 13.1 Å². The Labute approximate surface area is 85.2 Å². The van der Waals surface area contributed by atoms with Crippen LogP contribution in [0.25, 0.3) is 0 Å². The number of aliphatic hydroxyl groups excluding tert-OH is 1. The van der Waals surface area contributed by atoms with Crippen LogP contribution < -0.4 is 0 Å². The van der Waals surface area contributed by atoms with Crippen LogP contribution >= 0.6 is 0 Å². The molecule has 1 heterocycles. The summed E-state index contributed by atoms with van der Waals surface area (Å²) in [7, 11) is 0. The number of nitrogens with zero attached hydrogens (tertiary/aromatic N) is 1. The summed E-state index contributed by atoms with van der Waals surface area (Å²) < 4.78 is 0. The van der Waals surface area contributed by atoms with Crippen LogP contribution in [0.3, 0.4) is 0 Å². The molecule has 0 aromatic heterocycles. The molecular weight excluding hydrogens is 174 g/mol. The lowest BCUT2D eigenvalue weighted by Gasteiger charge is -2.37. The fraction of sp³-hybridized carbons (Fsp3) is 0.500. The van der Waals surface area contributed by atoms with E-state index in [1.165, 1.54) is 18.7 Å². The quantitative estimate of drug-likeness (QED) is 0.785. The second-order valence-corrected chi connectivity index (χ2v) is 4.27. The van der Waals surface area contributed by atoms with Crippen molar-refractivity contribution in [2.45, 2.75) is 20.1 Å². The molecular formula is C12H17NO. The summed E-state index contributed by atoms with van der Waals surface area (Å²) in [6.07, 6.45) is 0. The summed E-state index contributed by atoms with van der Waals surface area (Å²) in [4.78, 5) is 2.44. The maximum atomic E-state index is 8.89. The predicted octanol–water partition coefficient (Wildman–Crippen LogP) is 1.63. The van der Waals surface area contributed by atoms with Gasteiger partial charge in [0.1, 0.15) is 0 Å². The van der Waals surface area contributed by atoms with Crippen LogP contribution in [0.5, 0.6) is 0 Å². The molecule has 1 N–H and O–H groups in total. The van der Waals surface area contributed by atoms with Crippen molar-refractivity contribution in [3.8, 4) is 0 Å². The summed E-state index contributed by atoms with van der Waals surface area (Å²) in [5.41, 5.74) is 2.33. The third-order valence-corrected chi connectivity index (χ3v) is 2.75. The first-order valence-electron chi connectivity index (χ1n) is 5.19. The number of hydrogen-bond acceptors (Lipinski definition) is 2. The highest BCUT2D eigenvalue weighted by Crippen LogP contribution is 2.17. The first-order valence-corrected chi connectivity index (χ1v) is 5.19. The minimum Gasteiger partial charge on any atom is -0.392 e. The van der Waals surface area contributed by atoms with Crippen LogP contribution in [0.1, 0.15) is 18.1 Å². The van der Waals surface area contributed by atoms with Gasteiger partial charge >= 0.3 is 0 Å². The summed E-state index contributed by atoms with van der Waals surface area (Å²) in [6, 6.07) is 8.21. The van der Waals surface area contributed by atoms with Crippen molar-refractivity contribution in [2.24, 2.45) is 5.92 Å². The van der Waals surface area contributed by atoms with Crippen molar-refractivity contribution >= 4 is 0 Å². The molecule has 0 bridgehead atoms. The summed E-state index contributed by atoms with van der Waals surface area (Å²) in [5.74, 6) is 0.867. The van der Waals surface area contributed by atoms with Gasteiger partial charge in [0.25, 0.3) is 0 Å². The summed E-state index contributed by atoms with van der Waals surface area (Å²) >= 11 is 0. The summed E-state index contributed by atoms with van der Waals surface area (Å²) in [5, 5.41) is 8.89. The first-order chi connectivity index (χ1) is 6.78. The predicted molar refractivity (Wildman–Crippen MR) is 56.8 cm³/mol. The smallest absolute Gasteiger partial charge is 0.0681 e. The maximum absolute atomic E-state index is 8.89. The molecule has 1 saturated heterocycles. The van der Waals surface area contributed by atoms with Crippen LogP contribution in [-0.4, -0.2) is 23.1 Å². The topological polar surface area (TPSA) is 23.5 Å². The van der Waals surface area contributed by atoms with Crippen molar-refractivity contribution in [1.82, 2.24) is 4.90 Å². The van der Waals surface area contributed by atoms with Gasteiger partial charge in [0, 0.05) is 19.6 Å². The minimum atomic E-state index is 0.140. The third-order valence-electron chi connectivity index (χ3n) is 2.75. The number of benzene rings is 1. The van der Waals surface area contributed by atoms with Gasteiger partial charge in [0.15, 0.2) is 0 Å². The van der Waals surface area contributed by atoms with Gasteiger partial charge in [-0.15, -0.1) is 0 Å². The van der Waals surface area contributed by atoms with E-state index in [4.69, 9.17) is 5.11 Å². The standard InChI is InChI=1S/C12H17NO/c1-10-6-13(7-10)8-11-2-4-12(9-14)5-3-11/h2-5,10,14H,6-9H2,1H3. The number of aliphatic hydroxyl groups is 1. The van der Waals surface area contributed by atoms with Gasteiger partial charge in [-0.1, -0.05) is 31.2 Å². The molecule has 0 unspecified atom stereocenters. The fourth-order valence-corrected chi connectivity index (χ4v) is 1.97. The van der Waals surface area contributed by atoms with Gasteiger partial charge in [-0.05, 0) is 17.0 Å². The molecule has 0 atom stereocenters. The lowest BCUT2D eigenvalue weighted by Crippen LogP contribution is -2.44. The highest BCUT2D eigenvalue weighted by molar-refractivity contribution is 5.22. The van der Waals surface area contributed by atoms with E-state index in [0.717, 1.165) is 18.0 Å². The van der Waals surface area contributed by atoms with Gasteiger partial charge in [-0.25, -0.2) is 0 Å². The Morgan fingerprint density at radius 3 is 2.29 bits per heavy atom. The van der Waals surface area contributed by atoms with Gasteiger partial charge in [0.05, 0.1) is 6.61 Å². The Balaban J connectivity index is 1.90. The molecule has 0 saturated carbocycles. The van der Waals surface area contributed by atoms with E-state index < -0.39 is 0 Å². The Morgan fingerprint density at radius 1 is 1.21 bits per heavy atom. The van der Waals surface area contributed by atoms with E-state index in [9.17, 15) is 0 Å². The van der Waals surface area contributed by atoms with Gasteiger partial charge in [-0.2, -0.15) is 0 Å². The van der Waals surface area contributed by atoms with Crippen molar-refractivity contribution in [1.29, 1.82) is 0 Å². The normalized spacial score (nSPS) is 18.1. The van der Waals surface area contributed by atoms with Crippen LogP contribution in [0.15, 0.2) is 24.3 Å². The van der Waals surface area contributed by atoms with E-state index in [2.05, 4.69) is 24.0 Å².